The number of anilines is 3. The normalized spacial score (nSPS) is 16.6. The largest absolute Gasteiger partial charge is 0.497 e. The molecule has 248 valence electrons. The summed E-state index contributed by atoms with van der Waals surface area (Å²) in [5.74, 6) is -0.705. The van der Waals surface area contributed by atoms with Crippen LogP contribution in [0.1, 0.15) is 34.1 Å². The lowest BCUT2D eigenvalue weighted by molar-refractivity contribution is -0.134. The Hall–Kier alpha value is -6.04. The van der Waals surface area contributed by atoms with Gasteiger partial charge in [-0.05, 0) is 55.5 Å². The number of rotatable bonds is 8. The van der Waals surface area contributed by atoms with Crippen LogP contribution in [0.2, 0.25) is 0 Å². The summed E-state index contributed by atoms with van der Waals surface area (Å²) >= 11 is 0. The third-order valence-corrected chi connectivity index (χ3v) is 8.82. The molecule has 0 spiro atoms. The van der Waals surface area contributed by atoms with E-state index < -0.39 is 22.8 Å². The predicted octanol–water partition coefficient (Wildman–Crippen LogP) is 6.61. The van der Waals surface area contributed by atoms with Gasteiger partial charge in [-0.1, -0.05) is 30.3 Å². The molecule has 7 rings (SSSR count). The molecule has 3 heterocycles. The summed E-state index contributed by atoms with van der Waals surface area (Å²) in [7, 11) is 4.78. The highest BCUT2D eigenvalue weighted by Gasteiger charge is 2.45. The second kappa shape index (κ2) is 12.2. The van der Waals surface area contributed by atoms with Crippen molar-refractivity contribution in [2.45, 2.75) is 25.6 Å². The fourth-order valence-electron chi connectivity index (χ4n) is 6.19. The van der Waals surface area contributed by atoms with Crippen molar-refractivity contribution in [3.05, 3.63) is 119 Å². The van der Waals surface area contributed by atoms with Crippen LogP contribution in [-0.4, -0.2) is 47.9 Å². The van der Waals surface area contributed by atoms with Crippen molar-refractivity contribution in [2.75, 3.05) is 31.5 Å². The molecule has 0 saturated heterocycles. The van der Waals surface area contributed by atoms with Gasteiger partial charge in [0.25, 0.3) is 11.8 Å². The average Bonchev–Trinajstić information content (AvgIpc) is 3.42. The van der Waals surface area contributed by atoms with Crippen LogP contribution in [0, 0.1) is 11.6 Å². The topological polar surface area (TPSA) is 106 Å². The zero-order chi connectivity index (χ0) is 34.4. The van der Waals surface area contributed by atoms with Crippen LogP contribution in [-0.2, 0) is 23.5 Å². The van der Waals surface area contributed by atoms with E-state index in [0.717, 1.165) is 17.7 Å². The average molecular weight is 664 g/mol. The minimum absolute atomic E-state index is 0.0648. The van der Waals surface area contributed by atoms with E-state index in [1.54, 1.807) is 73.3 Å². The van der Waals surface area contributed by atoms with E-state index in [1.807, 2.05) is 24.3 Å². The Morgan fingerprint density at radius 2 is 1.63 bits per heavy atom. The van der Waals surface area contributed by atoms with Gasteiger partial charge >= 0.3 is 0 Å². The van der Waals surface area contributed by atoms with Gasteiger partial charge in [-0.2, -0.15) is 0 Å². The second-order valence-corrected chi connectivity index (χ2v) is 11.8. The number of likely N-dealkylation sites (N-methyl/N-ethyl adjacent to an activating group) is 1. The number of amides is 2. The van der Waals surface area contributed by atoms with Crippen molar-refractivity contribution >= 4 is 29.0 Å². The minimum atomic E-state index is -1.30. The van der Waals surface area contributed by atoms with E-state index in [1.165, 1.54) is 13.2 Å². The zero-order valence-electron chi connectivity index (χ0n) is 27.1. The molecule has 1 aromatic heterocycles. The van der Waals surface area contributed by atoms with Gasteiger partial charge < -0.3 is 29.3 Å². The zero-order valence-corrected chi connectivity index (χ0v) is 27.1. The monoisotopic (exact) mass is 663 g/mol. The van der Waals surface area contributed by atoms with Crippen LogP contribution in [0.4, 0.5) is 26.0 Å². The standard InChI is InChI=1S/C37H31F2N5O5/c1-37(36(46)43(2)28-10-5-6-11-29(28)49-37)22-13-15-23(16-14-22)40-34-32-27(41-33(42-34)31-25(38)8-7-9-26(31)39)20-44(35(32)45)19-21-12-17-24(47-3)18-30(21)48-4/h5-18H,19-20H2,1-4H3,(H,40,41,42). The molecule has 1 unspecified atom stereocenters. The third-order valence-electron chi connectivity index (χ3n) is 8.82. The maximum absolute atomic E-state index is 15.0. The van der Waals surface area contributed by atoms with Crippen molar-refractivity contribution in [1.82, 2.24) is 14.9 Å². The number of ether oxygens (including phenoxy) is 3. The summed E-state index contributed by atoms with van der Waals surface area (Å²) in [4.78, 5) is 39.5. The molecule has 12 heteroatoms. The Morgan fingerprint density at radius 3 is 2.35 bits per heavy atom. The van der Waals surface area contributed by atoms with Crippen LogP contribution < -0.4 is 24.4 Å². The van der Waals surface area contributed by atoms with Gasteiger partial charge in [0.15, 0.2) is 5.82 Å². The molecule has 0 saturated carbocycles. The maximum Gasteiger partial charge on any atom is 0.275 e. The molecule has 1 N–H and O–H groups in total. The van der Waals surface area contributed by atoms with E-state index in [2.05, 4.69) is 15.3 Å². The lowest BCUT2D eigenvalue weighted by atomic mass is 9.92. The summed E-state index contributed by atoms with van der Waals surface area (Å²) < 4.78 is 47.0. The molecular formula is C37H31F2N5O5. The van der Waals surface area contributed by atoms with Gasteiger partial charge in [-0.25, -0.2) is 18.7 Å². The Labute approximate surface area is 280 Å². The van der Waals surface area contributed by atoms with Crippen LogP contribution >= 0.6 is 0 Å². The number of aromatic nitrogens is 2. The Kier molecular flexibility index (Phi) is 7.86. The van der Waals surface area contributed by atoms with E-state index in [9.17, 15) is 18.4 Å². The summed E-state index contributed by atoms with van der Waals surface area (Å²) in [5.41, 5.74) is 1.28. The lowest BCUT2D eigenvalue weighted by Gasteiger charge is -2.39. The van der Waals surface area contributed by atoms with E-state index in [0.29, 0.717) is 39.9 Å². The Morgan fingerprint density at radius 1 is 0.898 bits per heavy atom. The number of halogens is 2. The smallest absolute Gasteiger partial charge is 0.275 e. The number of benzene rings is 4. The number of carbonyl (C=O) groups is 2. The molecule has 2 aliphatic rings. The fraction of sp³-hybridized carbons (Fsp3) is 0.189. The third kappa shape index (κ3) is 5.44. The molecule has 0 radical (unpaired) electrons. The van der Waals surface area contributed by atoms with Crippen molar-refractivity contribution < 1.29 is 32.6 Å². The minimum Gasteiger partial charge on any atom is -0.497 e. The molecule has 0 fully saturated rings. The molecule has 1 atom stereocenters. The van der Waals surface area contributed by atoms with Gasteiger partial charge in [0, 0.05) is 29.9 Å². The van der Waals surface area contributed by atoms with Gasteiger partial charge in [-0.15, -0.1) is 0 Å². The van der Waals surface area contributed by atoms with Crippen molar-refractivity contribution in [1.29, 1.82) is 0 Å². The number of hydrogen-bond acceptors (Lipinski definition) is 8. The first-order valence-corrected chi connectivity index (χ1v) is 15.4. The first-order chi connectivity index (χ1) is 23.6. The number of nitrogens with zero attached hydrogens (tertiary/aromatic N) is 4. The molecule has 49 heavy (non-hydrogen) atoms. The predicted molar refractivity (Wildman–Crippen MR) is 178 cm³/mol. The number of nitrogens with one attached hydrogen (secondary N) is 1. The Balaban J connectivity index is 1.24. The first kappa shape index (κ1) is 31.6. The van der Waals surface area contributed by atoms with Crippen molar-refractivity contribution in [3.63, 3.8) is 0 Å². The molecule has 10 nitrogen and oxygen atoms in total. The van der Waals surface area contributed by atoms with Gasteiger partial charge in [-0.3, -0.25) is 9.59 Å². The highest BCUT2D eigenvalue weighted by Crippen LogP contribution is 2.42. The number of methoxy groups -OCH3 is 2. The molecule has 0 bridgehead atoms. The van der Waals surface area contributed by atoms with E-state index in [4.69, 9.17) is 14.2 Å². The van der Waals surface area contributed by atoms with Crippen LogP contribution in [0.5, 0.6) is 17.2 Å². The number of para-hydroxylation sites is 2. The molecule has 0 aliphatic carbocycles. The Bertz CT molecular complexity index is 2110. The molecule has 4 aromatic carbocycles. The first-order valence-electron chi connectivity index (χ1n) is 15.4. The number of hydrogen-bond donors (Lipinski definition) is 1. The summed E-state index contributed by atoms with van der Waals surface area (Å²) in [5, 5.41) is 3.16. The van der Waals surface area contributed by atoms with Gasteiger partial charge in [0.2, 0.25) is 5.60 Å². The molecule has 5 aromatic rings. The van der Waals surface area contributed by atoms with Gasteiger partial charge in [0.05, 0.1) is 44.3 Å². The number of fused-ring (bicyclic) bond motifs is 2. The van der Waals surface area contributed by atoms with E-state index >= 15 is 0 Å². The molecular weight excluding hydrogens is 632 g/mol. The van der Waals surface area contributed by atoms with Crippen LogP contribution in [0.15, 0.2) is 84.9 Å². The van der Waals surface area contributed by atoms with Crippen molar-refractivity contribution in [2.24, 2.45) is 0 Å². The highest BCUT2D eigenvalue weighted by molar-refractivity contribution is 6.04. The number of carbonyl (C=O) groups excluding carboxylic acids is 2. The molecule has 2 aliphatic heterocycles. The quantitative estimate of drug-likeness (QED) is 0.198. The lowest BCUT2D eigenvalue weighted by Crippen LogP contribution is -2.50. The van der Waals surface area contributed by atoms with Gasteiger partial charge in [0.1, 0.15) is 40.3 Å². The fourth-order valence-corrected chi connectivity index (χ4v) is 6.19. The second-order valence-electron chi connectivity index (χ2n) is 11.8. The maximum atomic E-state index is 15.0. The molecule has 2 amide bonds. The van der Waals surface area contributed by atoms with Crippen molar-refractivity contribution in [3.8, 4) is 28.6 Å². The van der Waals surface area contributed by atoms with Crippen LogP contribution in [0.3, 0.4) is 0 Å². The SMILES string of the molecule is COc1ccc(CN2Cc3nc(-c4c(F)cccc4F)nc(Nc4ccc(C5(C)Oc6ccccc6N(C)C5=O)cc4)c3C2=O)c(OC)c1. The summed E-state index contributed by atoms with van der Waals surface area (Å²) in [6.07, 6.45) is 0. The van der Waals surface area contributed by atoms with E-state index in [-0.39, 0.29) is 42.1 Å². The highest BCUT2D eigenvalue weighted by atomic mass is 19.1. The summed E-state index contributed by atoms with van der Waals surface area (Å²) in [6, 6.07) is 23.0. The summed E-state index contributed by atoms with van der Waals surface area (Å²) in [6.45, 7) is 1.95. The van der Waals surface area contributed by atoms with Crippen LogP contribution in [0.25, 0.3) is 11.4 Å².